The van der Waals surface area contributed by atoms with Crippen LogP contribution in [0.3, 0.4) is 0 Å². The van der Waals surface area contributed by atoms with Crippen molar-refractivity contribution in [3.63, 3.8) is 0 Å². The molecule has 0 spiro atoms. The molecule has 1 rings (SSSR count). The van der Waals surface area contributed by atoms with E-state index in [2.05, 4.69) is 0 Å². The third-order valence-electron chi connectivity index (χ3n) is 2.67. The van der Waals surface area contributed by atoms with E-state index in [9.17, 15) is 8.78 Å². The second kappa shape index (κ2) is 7.50. The molecule has 0 fully saturated rings. The molecule has 2 N–H and O–H groups in total. The van der Waals surface area contributed by atoms with Crippen LogP contribution < -0.4 is 15.2 Å². The highest BCUT2D eigenvalue weighted by Gasteiger charge is 2.15. The van der Waals surface area contributed by atoms with Gasteiger partial charge in [-0.05, 0) is 30.5 Å². The van der Waals surface area contributed by atoms with Crippen LogP contribution in [-0.4, -0.2) is 26.2 Å². The van der Waals surface area contributed by atoms with Gasteiger partial charge in [0.1, 0.15) is 6.61 Å². The Kier molecular flexibility index (Phi) is 6.31. The summed E-state index contributed by atoms with van der Waals surface area (Å²) in [5, 5.41) is 0.248. The quantitative estimate of drug-likeness (QED) is 0.839. The summed E-state index contributed by atoms with van der Waals surface area (Å²) in [7, 11) is 1.43. The van der Waals surface area contributed by atoms with Crippen LogP contribution in [0.5, 0.6) is 11.5 Å². The van der Waals surface area contributed by atoms with E-state index in [4.69, 9.17) is 26.8 Å². The van der Waals surface area contributed by atoms with Crippen LogP contribution in [0.1, 0.15) is 18.9 Å². The number of alkyl halides is 2. The molecule has 0 radical (unpaired) electrons. The monoisotopic (exact) mass is 293 g/mol. The third-order valence-corrected chi connectivity index (χ3v) is 2.95. The summed E-state index contributed by atoms with van der Waals surface area (Å²) in [5.41, 5.74) is 6.76. The zero-order chi connectivity index (χ0) is 14.4. The summed E-state index contributed by atoms with van der Waals surface area (Å²) >= 11 is 6.03. The number of hydrogen-bond acceptors (Lipinski definition) is 3. The van der Waals surface area contributed by atoms with Gasteiger partial charge in [0.05, 0.1) is 12.1 Å². The zero-order valence-corrected chi connectivity index (χ0v) is 11.7. The van der Waals surface area contributed by atoms with E-state index in [1.165, 1.54) is 7.11 Å². The first-order valence-corrected chi connectivity index (χ1v) is 6.38. The third kappa shape index (κ3) is 4.84. The Morgan fingerprint density at radius 3 is 2.58 bits per heavy atom. The zero-order valence-electron chi connectivity index (χ0n) is 11.0. The normalized spacial score (nSPS) is 12.6. The van der Waals surface area contributed by atoms with Gasteiger partial charge in [-0.1, -0.05) is 18.5 Å². The summed E-state index contributed by atoms with van der Waals surface area (Å²) in [6.45, 7) is 1.27. The van der Waals surface area contributed by atoms with E-state index in [0.29, 0.717) is 12.2 Å². The largest absolute Gasteiger partial charge is 0.493 e. The molecule has 0 aliphatic rings. The second-order valence-corrected chi connectivity index (χ2v) is 4.59. The standard InChI is InChI=1S/C13H18ClF2NO2/c1-3-9(17)4-8-5-10(14)13(11(6-8)18-2)19-7-12(15)16/h5-6,9,12H,3-4,7,17H2,1-2H3. The second-order valence-electron chi connectivity index (χ2n) is 4.18. The Morgan fingerprint density at radius 2 is 2.05 bits per heavy atom. The van der Waals surface area contributed by atoms with Crippen molar-refractivity contribution in [2.45, 2.75) is 32.2 Å². The van der Waals surface area contributed by atoms with Gasteiger partial charge in [-0.15, -0.1) is 0 Å². The highest BCUT2D eigenvalue weighted by atomic mass is 35.5. The minimum absolute atomic E-state index is 0.0219. The van der Waals surface area contributed by atoms with Crippen molar-refractivity contribution in [1.29, 1.82) is 0 Å². The van der Waals surface area contributed by atoms with Gasteiger partial charge in [-0.3, -0.25) is 0 Å². The molecule has 0 saturated heterocycles. The van der Waals surface area contributed by atoms with Crippen molar-refractivity contribution in [2.24, 2.45) is 5.73 Å². The van der Waals surface area contributed by atoms with E-state index in [-0.39, 0.29) is 16.8 Å². The van der Waals surface area contributed by atoms with Crippen LogP contribution in [0, 0.1) is 0 Å². The van der Waals surface area contributed by atoms with Crippen molar-refractivity contribution in [3.05, 3.63) is 22.7 Å². The first-order valence-electron chi connectivity index (χ1n) is 6.00. The number of methoxy groups -OCH3 is 1. The van der Waals surface area contributed by atoms with Crippen LogP contribution in [0.15, 0.2) is 12.1 Å². The highest BCUT2D eigenvalue weighted by molar-refractivity contribution is 6.32. The van der Waals surface area contributed by atoms with E-state index in [1.807, 2.05) is 6.92 Å². The predicted molar refractivity (Wildman–Crippen MR) is 71.5 cm³/mol. The maximum absolute atomic E-state index is 12.2. The summed E-state index contributed by atoms with van der Waals surface area (Å²) in [6, 6.07) is 3.40. The Bertz CT molecular complexity index is 416. The molecule has 0 aromatic heterocycles. The maximum atomic E-state index is 12.2. The minimum Gasteiger partial charge on any atom is -0.493 e. The summed E-state index contributed by atoms with van der Waals surface area (Å²) in [5.74, 6) is 0.477. The Morgan fingerprint density at radius 1 is 1.37 bits per heavy atom. The molecule has 0 aliphatic carbocycles. The number of benzene rings is 1. The number of nitrogens with two attached hydrogens (primary N) is 1. The summed E-state index contributed by atoms with van der Waals surface area (Å²) < 4.78 is 34.4. The Balaban J connectivity index is 2.94. The van der Waals surface area contributed by atoms with Gasteiger partial charge in [-0.2, -0.15) is 0 Å². The van der Waals surface area contributed by atoms with Gasteiger partial charge < -0.3 is 15.2 Å². The molecule has 19 heavy (non-hydrogen) atoms. The lowest BCUT2D eigenvalue weighted by Gasteiger charge is -2.15. The number of hydrogen-bond donors (Lipinski definition) is 1. The molecule has 0 heterocycles. The first-order chi connectivity index (χ1) is 8.97. The van der Waals surface area contributed by atoms with Crippen molar-refractivity contribution in [3.8, 4) is 11.5 Å². The molecule has 3 nitrogen and oxygen atoms in total. The summed E-state index contributed by atoms with van der Waals surface area (Å²) in [6.07, 6.45) is -1.08. The van der Waals surface area contributed by atoms with Crippen LogP contribution in [0.25, 0.3) is 0 Å². The lowest BCUT2D eigenvalue weighted by molar-refractivity contribution is 0.0805. The Hall–Kier alpha value is -1.07. The van der Waals surface area contributed by atoms with E-state index >= 15 is 0 Å². The van der Waals surface area contributed by atoms with E-state index in [1.54, 1.807) is 12.1 Å². The molecular weight excluding hydrogens is 276 g/mol. The van der Waals surface area contributed by atoms with Crippen molar-refractivity contribution < 1.29 is 18.3 Å². The predicted octanol–water partition coefficient (Wildman–Crippen LogP) is 3.27. The van der Waals surface area contributed by atoms with Gasteiger partial charge in [0.25, 0.3) is 6.43 Å². The molecule has 0 amide bonds. The number of halogens is 3. The van der Waals surface area contributed by atoms with Crippen LogP contribution in [0.4, 0.5) is 8.78 Å². The molecule has 6 heteroatoms. The average Bonchev–Trinajstić information content (AvgIpc) is 2.36. The average molecular weight is 294 g/mol. The molecule has 0 bridgehead atoms. The summed E-state index contributed by atoms with van der Waals surface area (Å²) in [4.78, 5) is 0. The highest BCUT2D eigenvalue weighted by Crippen LogP contribution is 2.37. The lowest BCUT2D eigenvalue weighted by atomic mass is 10.0. The first kappa shape index (κ1) is 16.0. The van der Waals surface area contributed by atoms with Crippen LogP contribution in [0.2, 0.25) is 5.02 Å². The number of ether oxygens (including phenoxy) is 2. The molecule has 1 unspecified atom stereocenters. The van der Waals surface area contributed by atoms with Gasteiger partial charge in [-0.25, -0.2) is 8.78 Å². The molecule has 1 aromatic rings. The van der Waals surface area contributed by atoms with E-state index in [0.717, 1.165) is 12.0 Å². The van der Waals surface area contributed by atoms with Gasteiger partial charge in [0.15, 0.2) is 11.5 Å². The van der Waals surface area contributed by atoms with Gasteiger partial charge in [0, 0.05) is 6.04 Å². The maximum Gasteiger partial charge on any atom is 0.272 e. The fraction of sp³-hybridized carbons (Fsp3) is 0.538. The van der Waals surface area contributed by atoms with Crippen molar-refractivity contribution in [2.75, 3.05) is 13.7 Å². The fourth-order valence-electron chi connectivity index (χ4n) is 1.62. The topological polar surface area (TPSA) is 44.5 Å². The van der Waals surface area contributed by atoms with Crippen LogP contribution in [-0.2, 0) is 6.42 Å². The molecule has 1 atom stereocenters. The SMILES string of the molecule is CCC(N)Cc1cc(Cl)c(OCC(F)F)c(OC)c1. The van der Waals surface area contributed by atoms with E-state index < -0.39 is 13.0 Å². The molecule has 0 aliphatic heterocycles. The minimum atomic E-state index is -2.56. The van der Waals surface area contributed by atoms with Crippen molar-refractivity contribution >= 4 is 11.6 Å². The molecule has 108 valence electrons. The molecule has 1 aromatic carbocycles. The van der Waals surface area contributed by atoms with Crippen molar-refractivity contribution in [1.82, 2.24) is 0 Å². The smallest absolute Gasteiger partial charge is 0.272 e. The molecule has 0 saturated carbocycles. The fourth-order valence-corrected chi connectivity index (χ4v) is 1.91. The number of rotatable bonds is 7. The van der Waals surface area contributed by atoms with Gasteiger partial charge in [0.2, 0.25) is 0 Å². The lowest BCUT2D eigenvalue weighted by Crippen LogP contribution is -2.21. The van der Waals surface area contributed by atoms with Crippen LogP contribution >= 0.6 is 11.6 Å². The van der Waals surface area contributed by atoms with Gasteiger partial charge >= 0.3 is 0 Å². The Labute approximate surface area is 116 Å². The molecular formula is C13H18ClF2NO2.